The summed E-state index contributed by atoms with van der Waals surface area (Å²) in [6.45, 7) is 13.9. The number of unbranched alkanes of at least 4 members (excludes halogenated alkanes) is 1. The van der Waals surface area contributed by atoms with Crippen LogP contribution in [-0.4, -0.2) is 55.2 Å². The van der Waals surface area contributed by atoms with Crippen molar-refractivity contribution >= 4 is 23.3 Å². The number of ether oxygens (including phenoxy) is 3. The first-order chi connectivity index (χ1) is 22.3. The number of rotatable bonds is 15. The summed E-state index contributed by atoms with van der Waals surface area (Å²) in [6.07, 6.45) is 6.46. The van der Waals surface area contributed by atoms with Crippen LogP contribution >= 0.6 is 0 Å². The molecule has 4 rings (SSSR count). The third-order valence-corrected chi connectivity index (χ3v) is 8.26. The van der Waals surface area contributed by atoms with Gasteiger partial charge in [0.1, 0.15) is 17.6 Å². The van der Waals surface area contributed by atoms with Crippen LogP contribution in [0.25, 0.3) is 0 Å². The standard InChI is InChI=1S/C37H50N4O5/c1-6-10-21-41-22-19-32(20-23-41)45-33-17-11-27(24-26(33)5)36(42)38-29-12-15-31(16-13-29)46-34-18-14-30(25-35(34)44-9-4)40-37(43)39-28(7-2)8-3/h11-18,24-25,28,32H,6-10,19-23H2,1-5H3,(H,38,42)(H2,39,40,43). The average Bonchev–Trinajstić information content (AvgIpc) is 3.06. The summed E-state index contributed by atoms with van der Waals surface area (Å²) < 4.78 is 18.2. The fourth-order valence-corrected chi connectivity index (χ4v) is 5.46. The van der Waals surface area contributed by atoms with Crippen LogP contribution in [0.5, 0.6) is 23.0 Å². The number of aryl methyl sites for hydroxylation is 1. The molecular weight excluding hydrogens is 580 g/mol. The van der Waals surface area contributed by atoms with Gasteiger partial charge in [0.15, 0.2) is 11.5 Å². The van der Waals surface area contributed by atoms with Crippen molar-refractivity contribution in [1.29, 1.82) is 0 Å². The molecule has 1 heterocycles. The minimum Gasteiger partial charge on any atom is -0.490 e. The Kier molecular flexibility index (Phi) is 13.1. The van der Waals surface area contributed by atoms with E-state index in [1.165, 1.54) is 19.4 Å². The molecule has 248 valence electrons. The van der Waals surface area contributed by atoms with E-state index in [0.717, 1.165) is 50.1 Å². The van der Waals surface area contributed by atoms with Crippen LogP contribution < -0.4 is 30.2 Å². The van der Waals surface area contributed by atoms with E-state index in [0.29, 0.717) is 40.8 Å². The van der Waals surface area contributed by atoms with Crippen LogP contribution in [0.4, 0.5) is 16.2 Å². The van der Waals surface area contributed by atoms with Gasteiger partial charge in [-0.05, 0) is 113 Å². The lowest BCUT2D eigenvalue weighted by Gasteiger charge is -2.32. The molecule has 0 spiro atoms. The second-order valence-electron chi connectivity index (χ2n) is 11.8. The Morgan fingerprint density at radius 3 is 2.20 bits per heavy atom. The summed E-state index contributed by atoms with van der Waals surface area (Å²) in [5.74, 6) is 2.26. The highest BCUT2D eigenvalue weighted by Gasteiger charge is 2.21. The lowest BCUT2D eigenvalue weighted by atomic mass is 10.1. The van der Waals surface area contributed by atoms with Crippen molar-refractivity contribution < 1.29 is 23.8 Å². The third kappa shape index (κ3) is 10.1. The fourth-order valence-electron chi connectivity index (χ4n) is 5.46. The van der Waals surface area contributed by atoms with Crippen molar-refractivity contribution in [1.82, 2.24) is 10.2 Å². The van der Waals surface area contributed by atoms with Crippen molar-refractivity contribution in [2.45, 2.75) is 85.3 Å². The molecule has 46 heavy (non-hydrogen) atoms. The SMILES string of the molecule is CCCCN1CCC(Oc2ccc(C(=O)Nc3ccc(Oc4ccc(NC(=O)NC(CC)CC)cc4OCC)cc3)cc2C)CC1. The van der Waals surface area contributed by atoms with Crippen LogP contribution in [0.15, 0.2) is 60.7 Å². The Morgan fingerprint density at radius 2 is 1.54 bits per heavy atom. The maximum atomic E-state index is 13.0. The Bertz CT molecular complexity index is 1420. The van der Waals surface area contributed by atoms with Crippen LogP contribution in [0.3, 0.4) is 0 Å². The number of carbonyl (C=O) groups is 2. The fraction of sp³-hybridized carbons (Fsp3) is 0.459. The van der Waals surface area contributed by atoms with Gasteiger partial charge in [0, 0.05) is 42.1 Å². The van der Waals surface area contributed by atoms with Gasteiger partial charge >= 0.3 is 6.03 Å². The number of piperidine rings is 1. The number of likely N-dealkylation sites (tertiary alicyclic amines) is 1. The number of nitrogens with one attached hydrogen (secondary N) is 3. The Hall–Kier alpha value is -4.24. The minimum atomic E-state index is -0.254. The van der Waals surface area contributed by atoms with E-state index in [4.69, 9.17) is 14.2 Å². The number of hydrogen-bond acceptors (Lipinski definition) is 6. The molecule has 0 unspecified atom stereocenters. The highest BCUT2D eigenvalue weighted by molar-refractivity contribution is 6.04. The lowest BCUT2D eigenvalue weighted by Crippen LogP contribution is -2.38. The van der Waals surface area contributed by atoms with Crippen molar-refractivity contribution in [2.75, 3.05) is 36.9 Å². The van der Waals surface area contributed by atoms with E-state index in [-0.39, 0.29) is 24.1 Å². The smallest absolute Gasteiger partial charge is 0.319 e. The molecule has 3 aromatic carbocycles. The Balaban J connectivity index is 1.31. The van der Waals surface area contributed by atoms with Gasteiger partial charge in [-0.2, -0.15) is 0 Å². The molecule has 0 aromatic heterocycles. The van der Waals surface area contributed by atoms with E-state index in [9.17, 15) is 9.59 Å². The predicted molar refractivity (Wildman–Crippen MR) is 185 cm³/mol. The first-order valence-corrected chi connectivity index (χ1v) is 16.7. The second-order valence-corrected chi connectivity index (χ2v) is 11.8. The number of nitrogens with zero attached hydrogens (tertiary/aromatic N) is 1. The normalized spacial score (nSPS) is 13.7. The second kappa shape index (κ2) is 17.5. The maximum absolute atomic E-state index is 13.0. The minimum absolute atomic E-state index is 0.124. The van der Waals surface area contributed by atoms with Gasteiger partial charge in [0.25, 0.3) is 5.91 Å². The quantitative estimate of drug-likeness (QED) is 0.156. The average molecular weight is 631 g/mol. The monoisotopic (exact) mass is 630 g/mol. The molecule has 0 radical (unpaired) electrons. The summed E-state index contributed by atoms with van der Waals surface area (Å²) in [7, 11) is 0. The zero-order valence-electron chi connectivity index (χ0n) is 28.0. The molecule has 1 aliphatic heterocycles. The van der Waals surface area contributed by atoms with Gasteiger partial charge in [-0.15, -0.1) is 0 Å². The van der Waals surface area contributed by atoms with Crippen LogP contribution in [-0.2, 0) is 0 Å². The number of anilines is 2. The first-order valence-electron chi connectivity index (χ1n) is 16.7. The Morgan fingerprint density at radius 1 is 0.848 bits per heavy atom. The molecule has 3 N–H and O–H groups in total. The lowest BCUT2D eigenvalue weighted by molar-refractivity contribution is 0.0991. The molecule has 0 atom stereocenters. The van der Waals surface area contributed by atoms with Crippen LogP contribution in [0, 0.1) is 6.92 Å². The number of benzene rings is 3. The number of amides is 3. The first kappa shape index (κ1) is 34.6. The van der Waals surface area contributed by atoms with E-state index in [1.54, 1.807) is 42.5 Å². The van der Waals surface area contributed by atoms with E-state index >= 15 is 0 Å². The molecule has 3 aromatic rings. The largest absolute Gasteiger partial charge is 0.490 e. The van der Waals surface area contributed by atoms with Crippen LogP contribution in [0.2, 0.25) is 0 Å². The molecule has 0 saturated carbocycles. The highest BCUT2D eigenvalue weighted by Crippen LogP contribution is 2.35. The Labute approximate surface area is 274 Å². The third-order valence-electron chi connectivity index (χ3n) is 8.26. The maximum Gasteiger partial charge on any atom is 0.319 e. The molecular formula is C37H50N4O5. The number of urea groups is 1. The zero-order valence-corrected chi connectivity index (χ0v) is 28.0. The van der Waals surface area contributed by atoms with Crippen molar-refractivity contribution in [3.05, 3.63) is 71.8 Å². The van der Waals surface area contributed by atoms with E-state index in [1.807, 2.05) is 45.9 Å². The van der Waals surface area contributed by atoms with Gasteiger partial charge in [0.05, 0.1) is 6.61 Å². The molecule has 9 nitrogen and oxygen atoms in total. The molecule has 1 fully saturated rings. The summed E-state index contributed by atoms with van der Waals surface area (Å²) >= 11 is 0. The zero-order chi connectivity index (χ0) is 32.9. The topological polar surface area (TPSA) is 101 Å². The van der Waals surface area contributed by atoms with Crippen molar-refractivity contribution in [3.8, 4) is 23.0 Å². The van der Waals surface area contributed by atoms with Crippen molar-refractivity contribution in [3.63, 3.8) is 0 Å². The van der Waals surface area contributed by atoms with Gasteiger partial charge < -0.3 is 35.1 Å². The van der Waals surface area contributed by atoms with Crippen LogP contribution in [0.1, 0.15) is 82.1 Å². The number of carbonyl (C=O) groups excluding carboxylic acids is 2. The van der Waals surface area contributed by atoms with Gasteiger partial charge in [-0.25, -0.2) is 4.79 Å². The summed E-state index contributed by atoms with van der Waals surface area (Å²) in [5.41, 5.74) is 2.78. The van der Waals surface area contributed by atoms with Gasteiger partial charge in [0.2, 0.25) is 0 Å². The van der Waals surface area contributed by atoms with Gasteiger partial charge in [-0.3, -0.25) is 4.79 Å². The highest BCUT2D eigenvalue weighted by atomic mass is 16.5. The molecule has 9 heteroatoms. The van der Waals surface area contributed by atoms with E-state index in [2.05, 4.69) is 27.8 Å². The molecule has 3 amide bonds. The molecule has 0 aliphatic carbocycles. The molecule has 1 saturated heterocycles. The van der Waals surface area contributed by atoms with E-state index < -0.39 is 0 Å². The van der Waals surface area contributed by atoms with Crippen molar-refractivity contribution in [2.24, 2.45) is 0 Å². The summed E-state index contributed by atoms with van der Waals surface area (Å²) in [4.78, 5) is 28.0. The predicted octanol–water partition coefficient (Wildman–Crippen LogP) is 8.39. The molecule has 1 aliphatic rings. The summed E-state index contributed by atoms with van der Waals surface area (Å²) in [6, 6.07) is 17.9. The molecule has 0 bridgehead atoms. The summed E-state index contributed by atoms with van der Waals surface area (Å²) in [5, 5.41) is 8.80. The number of hydrogen-bond donors (Lipinski definition) is 3. The van der Waals surface area contributed by atoms with Gasteiger partial charge in [-0.1, -0.05) is 27.2 Å².